The van der Waals surface area contributed by atoms with Crippen LogP contribution in [0, 0.1) is 13.8 Å². The van der Waals surface area contributed by atoms with E-state index in [-0.39, 0.29) is 11.0 Å². The molecule has 1 N–H and O–H groups in total. The third kappa shape index (κ3) is 4.22. The fourth-order valence-electron chi connectivity index (χ4n) is 2.94. The van der Waals surface area contributed by atoms with E-state index in [4.69, 9.17) is 0 Å². The lowest BCUT2D eigenvalue weighted by Crippen LogP contribution is -2.14. The molecule has 0 saturated heterocycles. The summed E-state index contributed by atoms with van der Waals surface area (Å²) >= 11 is 0. The summed E-state index contributed by atoms with van der Waals surface area (Å²) in [6.07, 6.45) is -2.79. The average molecular weight is 372 g/mol. The number of benzene rings is 2. The third-order valence-electron chi connectivity index (χ3n) is 4.51. The SMILES string of the molecule is Cc1ccccc1Cn1ccc(=O)cc1Nc1cccc(C(F)(F)F)c1C. The van der Waals surface area contributed by atoms with E-state index in [1.807, 2.05) is 35.8 Å². The van der Waals surface area contributed by atoms with Crippen molar-refractivity contribution in [1.82, 2.24) is 4.57 Å². The van der Waals surface area contributed by atoms with Crippen LogP contribution in [0.5, 0.6) is 0 Å². The number of pyridine rings is 1. The molecule has 2 aromatic carbocycles. The van der Waals surface area contributed by atoms with Gasteiger partial charge in [0.15, 0.2) is 5.43 Å². The van der Waals surface area contributed by atoms with Crippen molar-refractivity contribution in [2.45, 2.75) is 26.6 Å². The van der Waals surface area contributed by atoms with Crippen molar-refractivity contribution in [2.75, 3.05) is 5.32 Å². The number of aryl methyl sites for hydroxylation is 1. The van der Waals surface area contributed by atoms with Crippen molar-refractivity contribution in [2.24, 2.45) is 0 Å². The first-order valence-electron chi connectivity index (χ1n) is 8.44. The second kappa shape index (κ2) is 7.31. The minimum Gasteiger partial charge on any atom is -0.341 e. The lowest BCUT2D eigenvalue weighted by Gasteiger charge is -2.19. The topological polar surface area (TPSA) is 34.0 Å². The highest BCUT2D eigenvalue weighted by molar-refractivity contribution is 5.63. The monoisotopic (exact) mass is 372 g/mol. The second-order valence-corrected chi connectivity index (χ2v) is 6.40. The van der Waals surface area contributed by atoms with Crippen molar-refractivity contribution in [3.63, 3.8) is 0 Å². The number of hydrogen-bond acceptors (Lipinski definition) is 2. The van der Waals surface area contributed by atoms with Crippen LogP contribution in [-0.2, 0) is 12.7 Å². The molecule has 0 aliphatic carbocycles. The Hall–Kier alpha value is -3.02. The van der Waals surface area contributed by atoms with E-state index in [9.17, 15) is 18.0 Å². The van der Waals surface area contributed by atoms with E-state index in [2.05, 4.69) is 5.32 Å². The highest BCUT2D eigenvalue weighted by Gasteiger charge is 2.32. The van der Waals surface area contributed by atoms with Crippen molar-refractivity contribution in [1.29, 1.82) is 0 Å². The van der Waals surface area contributed by atoms with E-state index in [0.717, 1.165) is 17.2 Å². The van der Waals surface area contributed by atoms with Gasteiger partial charge in [0.05, 0.1) is 5.56 Å². The van der Waals surface area contributed by atoms with Gasteiger partial charge >= 0.3 is 6.18 Å². The summed E-state index contributed by atoms with van der Waals surface area (Å²) in [5.41, 5.74) is 1.64. The van der Waals surface area contributed by atoms with Crippen LogP contribution in [0.15, 0.2) is 65.6 Å². The molecule has 27 heavy (non-hydrogen) atoms. The maximum Gasteiger partial charge on any atom is 0.416 e. The molecule has 0 radical (unpaired) electrons. The maximum absolute atomic E-state index is 13.2. The molecule has 0 fully saturated rings. The first-order chi connectivity index (χ1) is 12.8. The van der Waals surface area contributed by atoms with Gasteiger partial charge < -0.3 is 9.88 Å². The molecule has 0 spiro atoms. The fourth-order valence-corrected chi connectivity index (χ4v) is 2.94. The lowest BCUT2D eigenvalue weighted by atomic mass is 10.1. The molecule has 3 nitrogen and oxygen atoms in total. The molecule has 3 aromatic rings. The number of nitrogens with one attached hydrogen (secondary N) is 1. The van der Waals surface area contributed by atoms with Gasteiger partial charge in [-0.1, -0.05) is 30.3 Å². The summed E-state index contributed by atoms with van der Waals surface area (Å²) in [6, 6.07) is 14.6. The molecular weight excluding hydrogens is 353 g/mol. The van der Waals surface area contributed by atoms with E-state index in [1.54, 1.807) is 12.3 Å². The lowest BCUT2D eigenvalue weighted by molar-refractivity contribution is -0.138. The van der Waals surface area contributed by atoms with E-state index in [1.165, 1.54) is 25.1 Å². The molecule has 1 heterocycles. The fraction of sp³-hybridized carbons (Fsp3) is 0.190. The molecule has 0 amide bonds. The Morgan fingerprint density at radius 2 is 1.74 bits per heavy atom. The second-order valence-electron chi connectivity index (χ2n) is 6.40. The van der Waals surface area contributed by atoms with Crippen molar-refractivity contribution in [3.8, 4) is 0 Å². The van der Waals surface area contributed by atoms with Crippen LogP contribution in [-0.4, -0.2) is 4.57 Å². The molecular formula is C21H19F3N2O. The number of halogens is 3. The minimum atomic E-state index is -4.43. The summed E-state index contributed by atoms with van der Waals surface area (Å²) in [5, 5.41) is 3.00. The van der Waals surface area contributed by atoms with E-state index >= 15 is 0 Å². The predicted octanol–water partition coefficient (Wildman–Crippen LogP) is 5.28. The summed E-state index contributed by atoms with van der Waals surface area (Å²) in [5.74, 6) is 0.438. The van der Waals surface area contributed by atoms with Crippen LogP contribution in [0.25, 0.3) is 0 Å². The Bertz CT molecular complexity index is 1020. The Balaban J connectivity index is 2.00. The van der Waals surface area contributed by atoms with Gasteiger partial charge in [-0.25, -0.2) is 0 Å². The van der Waals surface area contributed by atoms with Crippen molar-refractivity contribution >= 4 is 11.5 Å². The molecule has 6 heteroatoms. The van der Waals surface area contributed by atoms with Crippen LogP contribution in [0.1, 0.15) is 22.3 Å². The molecule has 0 aliphatic rings. The molecule has 0 bridgehead atoms. The number of hydrogen-bond donors (Lipinski definition) is 1. The van der Waals surface area contributed by atoms with Gasteiger partial charge in [0.1, 0.15) is 5.82 Å². The van der Waals surface area contributed by atoms with Crippen LogP contribution in [0.3, 0.4) is 0 Å². The zero-order valence-corrected chi connectivity index (χ0v) is 15.0. The molecule has 0 saturated carbocycles. The van der Waals surface area contributed by atoms with Crippen LogP contribution in [0.2, 0.25) is 0 Å². The van der Waals surface area contributed by atoms with Crippen LogP contribution in [0.4, 0.5) is 24.7 Å². The standard InChI is InChI=1S/C21H19F3N2O/c1-14-6-3-4-7-16(14)13-26-11-10-17(27)12-20(26)25-19-9-5-8-18(15(19)2)21(22,23)24/h3-12,25H,13H2,1-2H3. The Morgan fingerprint density at radius 3 is 2.44 bits per heavy atom. The normalized spacial score (nSPS) is 11.4. The van der Waals surface area contributed by atoms with Gasteiger partial charge in [-0.05, 0) is 42.7 Å². The van der Waals surface area contributed by atoms with Crippen molar-refractivity contribution < 1.29 is 13.2 Å². The van der Waals surface area contributed by atoms with Gasteiger partial charge in [0, 0.05) is 30.6 Å². The van der Waals surface area contributed by atoms with Gasteiger partial charge in [-0.3, -0.25) is 4.79 Å². The summed E-state index contributed by atoms with van der Waals surface area (Å²) in [4.78, 5) is 11.8. The number of rotatable bonds is 4. The predicted molar refractivity (Wildman–Crippen MR) is 100 cm³/mol. The quantitative estimate of drug-likeness (QED) is 0.676. The van der Waals surface area contributed by atoms with Gasteiger partial charge in [-0.15, -0.1) is 0 Å². The molecule has 0 aliphatic heterocycles. The average Bonchev–Trinajstić information content (AvgIpc) is 2.60. The molecule has 140 valence electrons. The van der Waals surface area contributed by atoms with Crippen LogP contribution >= 0.6 is 0 Å². The van der Waals surface area contributed by atoms with E-state index in [0.29, 0.717) is 18.1 Å². The first kappa shape index (κ1) is 18.8. The summed E-state index contributed by atoms with van der Waals surface area (Å²) < 4.78 is 41.3. The zero-order chi connectivity index (χ0) is 19.6. The highest BCUT2D eigenvalue weighted by Crippen LogP contribution is 2.35. The largest absolute Gasteiger partial charge is 0.416 e. The van der Waals surface area contributed by atoms with Gasteiger partial charge in [0.25, 0.3) is 0 Å². The minimum absolute atomic E-state index is 0.0868. The first-order valence-corrected chi connectivity index (χ1v) is 8.44. The Morgan fingerprint density at radius 1 is 1.00 bits per heavy atom. The number of nitrogens with zero attached hydrogens (tertiary/aromatic N) is 1. The van der Waals surface area contributed by atoms with Gasteiger partial charge in [0.2, 0.25) is 0 Å². The number of alkyl halides is 3. The third-order valence-corrected chi connectivity index (χ3v) is 4.51. The molecule has 1 aromatic heterocycles. The maximum atomic E-state index is 13.2. The highest BCUT2D eigenvalue weighted by atomic mass is 19.4. The number of aromatic nitrogens is 1. The zero-order valence-electron chi connectivity index (χ0n) is 15.0. The smallest absolute Gasteiger partial charge is 0.341 e. The molecule has 3 rings (SSSR count). The summed E-state index contributed by atoms with van der Waals surface area (Å²) in [6.45, 7) is 3.90. The Kier molecular flexibility index (Phi) is 5.08. The van der Waals surface area contributed by atoms with Gasteiger partial charge in [-0.2, -0.15) is 13.2 Å². The van der Waals surface area contributed by atoms with E-state index < -0.39 is 11.7 Å². The van der Waals surface area contributed by atoms with Crippen LogP contribution < -0.4 is 10.7 Å². The molecule has 0 unspecified atom stereocenters. The summed E-state index contributed by atoms with van der Waals surface area (Å²) in [7, 11) is 0. The Labute approximate surface area is 155 Å². The molecule has 0 atom stereocenters. The van der Waals surface area contributed by atoms with Crippen molar-refractivity contribution in [3.05, 3.63) is 93.3 Å². The number of anilines is 2.